The minimum Gasteiger partial charge on any atom is -0.410 e. The van der Waals surface area contributed by atoms with E-state index in [1.54, 1.807) is 36.7 Å². The molecular formula is C20H17N3O3. The molecule has 6 nitrogen and oxygen atoms in total. The average molecular weight is 347 g/mol. The van der Waals surface area contributed by atoms with E-state index in [0.29, 0.717) is 29.5 Å². The van der Waals surface area contributed by atoms with Gasteiger partial charge in [-0.2, -0.15) is 0 Å². The maximum atomic E-state index is 11.5. The molecule has 0 saturated carbocycles. The molecule has 0 unspecified atom stereocenters. The van der Waals surface area contributed by atoms with Crippen LogP contribution in [-0.2, 0) is 12.8 Å². The number of hydrogen-bond acceptors (Lipinski definition) is 5. The summed E-state index contributed by atoms with van der Waals surface area (Å²) in [5.41, 5.74) is 3.04. The predicted molar refractivity (Wildman–Crippen MR) is 98.6 cm³/mol. The molecule has 0 amide bonds. The molecule has 26 heavy (non-hydrogen) atoms. The largest absolute Gasteiger partial charge is 0.410 e. The van der Waals surface area contributed by atoms with Crippen LogP contribution in [0.5, 0.6) is 0 Å². The van der Waals surface area contributed by atoms with Crippen molar-refractivity contribution in [2.45, 2.75) is 12.8 Å². The Morgan fingerprint density at radius 2 is 1.85 bits per heavy atom. The van der Waals surface area contributed by atoms with E-state index < -0.39 is 4.92 Å². The number of aryl methyl sites for hydroxylation is 1. The van der Waals surface area contributed by atoms with E-state index in [1.165, 1.54) is 6.07 Å². The molecule has 6 heteroatoms. The van der Waals surface area contributed by atoms with Crippen LogP contribution >= 0.6 is 0 Å². The SMILES string of the molecule is O=[N+]([O-])c1cccc(C(=NO)c2cccnc2)c1CCc1ccccc1. The van der Waals surface area contributed by atoms with Gasteiger partial charge >= 0.3 is 0 Å². The molecule has 3 aromatic rings. The third kappa shape index (κ3) is 3.75. The Labute approximate surface area is 150 Å². The topological polar surface area (TPSA) is 88.6 Å². The summed E-state index contributed by atoms with van der Waals surface area (Å²) in [6.45, 7) is 0. The summed E-state index contributed by atoms with van der Waals surface area (Å²) >= 11 is 0. The molecule has 0 aliphatic heterocycles. The van der Waals surface area contributed by atoms with Crippen LogP contribution in [-0.4, -0.2) is 20.8 Å². The normalized spacial score (nSPS) is 11.3. The third-order valence-electron chi connectivity index (χ3n) is 4.14. The number of rotatable bonds is 6. The molecule has 130 valence electrons. The Morgan fingerprint density at radius 1 is 1.04 bits per heavy atom. The van der Waals surface area contributed by atoms with Gasteiger partial charge in [0.15, 0.2) is 0 Å². The number of benzene rings is 2. The zero-order valence-electron chi connectivity index (χ0n) is 13.9. The van der Waals surface area contributed by atoms with Crippen molar-refractivity contribution in [1.82, 2.24) is 4.98 Å². The molecule has 0 spiro atoms. The van der Waals surface area contributed by atoms with Crippen molar-refractivity contribution in [2.75, 3.05) is 0 Å². The lowest BCUT2D eigenvalue weighted by Crippen LogP contribution is -2.10. The van der Waals surface area contributed by atoms with Gasteiger partial charge in [-0.05, 0) is 30.5 Å². The molecule has 0 bridgehead atoms. The minimum atomic E-state index is -0.401. The number of hydrogen-bond donors (Lipinski definition) is 1. The molecule has 1 aromatic heterocycles. The van der Waals surface area contributed by atoms with Crippen LogP contribution in [0.1, 0.15) is 22.3 Å². The van der Waals surface area contributed by atoms with E-state index in [4.69, 9.17) is 0 Å². The third-order valence-corrected chi connectivity index (χ3v) is 4.14. The number of pyridine rings is 1. The molecule has 0 atom stereocenters. The molecule has 0 aliphatic rings. The smallest absolute Gasteiger partial charge is 0.273 e. The van der Waals surface area contributed by atoms with Gasteiger partial charge in [0.05, 0.1) is 4.92 Å². The average Bonchev–Trinajstić information content (AvgIpc) is 2.69. The Kier molecular flexibility index (Phi) is 5.34. The van der Waals surface area contributed by atoms with Gasteiger partial charge in [0.2, 0.25) is 0 Å². The summed E-state index contributed by atoms with van der Waals surface area (Å²) in [4.78, 5) is 15.2. The van der Waals surface area contributed by atoms with Crippen molar-refractivity contribution in [3.05, 3.63) is 105 Å². The van der Waals surface area contributed by atoms with E-state index in [-0.39, 0.29) is 11.4 Å². The van der Waals surface area contributed by atoms with E-state index in [9.17, 15) is 15.3 Å². The van der Waals surface area contributed by atoms with Crippen LogP contribution in [0.4, 0.5) is 5.69 Å². The van der Waals surface area contributed by atoms with Crippen LogP contribution in [0, 0.1) is 10.1 Å². The van der Waals surface area contributed by atoms with Gasteiger partial charge in [0.25, 0.3) is 5.69 Å². The highest BCUT2D eigenvalue weighted by atomic mass is 16.6. The van der Waals surface area contributed by atoms with Crippen molar-refractivity contribution >= 4 is 11.4 Å². The van der Waals surface area contributed by atoms with Crippen molar-refractivity contribution in [1.29, 1.82) is 0 Å². The monoisotopic (exact) mass is 347 g/mol. The maximum absolute atomic E-state index is 11.5. The summed E-state index contributed by atoms with van der Waals surface area (Å²) in [5, 5.41) is 24.5. The van der Waals surface area contributed by atoms with Crippen LogP contribution in [0.2, 0.25) is 0 Å². The van der Waals surface area contributed by atoms with Gasteiger partial charge < -0.3 is 5.21 Å². The fraction of sp³-hybridized carbons (Fsp3) is 0.100. The van der Waals surface area contributed by atoms with Gasteiger partial charge in [0, 0.05) is 35.2 Å². The lowest BCUT2D eigenvalue weighted by molar-refractivity contribution is -0.385. The zero-order valence-corrected chi connectivity index (χ0v) is 13.9. The molecular weight excluding hydrogens is 330 g/mol. The molecule has 0 aliphatic carbocycles. The van der Waals surface area contributed by atoms with Crippen molar-refractivity contribution in [3.63, 3.8) is 0 Å². The number of nitro benzene ring substituents is 1. The van der Waals surface area contributed by atoms with Gasteiger partial charge in [-0.15, -0.1) is 0 Å². The second-order valence-electron chi connectivity index (χ2n) is 5.74. The van der Waals surface area contributed by atoms with Crippen molar-refractivity contribution in [3.8, 4) is 0 Å². The molecule has 1 N–H and O–H groups in total. The number of oxime groups is 1. The summed E-state index contributed by atoms with van der Waals surface area (Å²) in [6, 6.07) is 18.0. The predicted octanol–water partition coefficient (Wildman–Crippen LogP) is 4.00. The van der Waals surface area contributed by atoms with Gasteiger partial charge in [-0.25, -0.2) is 0 Å². The Bertz CT molecular complexity index is 926. The standard InChI is InChI=1S/C20H17N3O3/c24-22-20(16-8-5-13-21-14-16)18-9-4-10-19(23(25)26)17(18)12-11-15-6-2-1-3-7-15/h1-10,13-14,24H,11-12H2. The molecule has 0 fully saturated rings. The molecule has 3 rings (SSSR count). The quantitative estimate of drug-likeness (QED) is 0.316. The highest BCUT2D eigenvalue weighted by Gasteiger charge is 2.21. The van der Waals surface area contributed by atoms with E-state index in [1.807, 2.05) is 30.3 Å². The molecule has 1 heterocycles. The number of nitro groups is 1. The van der Waals surface area contributed by atoms with Crippen molar-refractivity contribution in [2.24, 2.45) is 5.16 Å². The fourth-order valence-electron chi connectivity index (χ4n) is 2.91. The Balaban J connectivity index is 2.04. The van der Waals surface area contributed by atoms with E-state index in [0.717, 1.165) is 5.56 Å². The lowest BCUT2D eigenvalue weighted by Gasteiger charge is -2.12. The Morgan fingerprint density at radius 3 is 2.50 bits per heavy atom. The van der Waals surface area contributed by atoms with E-state index >= 15 is 0 Å². The zero-order chi connectivity index (χ0) is 18.4. The minimum absolute atomic E-state index is 0.0171. The van der Waals surface area contributed by atoms with Gasteiger partial charge in [0.1, 0.15) is 5.71 Å². The number of aromatic nitrogens is 1. The number of nitrogens with zero attached hydrogens (tertiary/aromatic N) is 3. The van der Waals surface area contributed by atoms with Crippen LogP contribution in [0.25, 0.3) is 0 Å². The maximum Gasteiger partial charge on any atom is 0.273 e. The highest BCUT2D eigenvalue weighted by molar-refractivity contribution is 6.13. The second-order valence-corrected chi connectivity index (χ2v) is 5.74. The summed E-state index contributed by atoms with van der Waals surface area (Å²) in [7, 11) is 0. The van der Waals surface area contributed by atoms with Crippen LogP contribution in [0.3, 0.4) is 0 Å². The Hall–Kier alpha value is -3.54. The first-order valence-electron chi connectivity index (χ1n) is 8.13. The lowest BCUT2D eigenvalue weighted by atomic mass is 9.93. The first-order chi connectivity index (χ1) is 12.7. The van der Waals surface area contributed by atoms with Gasteiger partial charge in [-0.1, -0.05) is 47.6 Å². The molecule has 0 saturated heterocycles. The van der Waals surface area contributed by atoms with Crippen molar-refractivity contribution < 1.29 is 10.1 Å². The van der Waals surface area contributed by atoms with E-state index in [2.05, 4.69) is 10.1 Å². The molecule has 0 radical (unpaired) electrons. The summed E-state index contributed by atoms with van der Waals surface area (Å²) in [5.74, 6) is 0. The molecule has 2 aromatic carbocycles. The first-order valence-corrected chi connectivity index (χ1v) is 8.13. The second kappa shape index (κ2) is 8.02. The first kappa shape index (κ1) is 17.3. The van der Waals surface area contributed by atoms with Gasteiger partial charge in [-0.3, -0.25) is 15.1 Å². The fourth-order valence-corrected chi connectivity index (χ4v) is 2.91. The van der Waals surface area contributed by atoms with Crippen LogP contribution < -0.4 is 0 Å². The highest BCUT2D eigenvalue weighted by Crippen LogP contribution is 2.26. The van der Waals surface area contributed by atoms with Crippen LogP contribution in [0.15, 0.2) is 78.2 Å². The summed E-state index contributed by atoms with van der Waals surface area (Å²) < 4.78 is 0. The summed E-state index contributed by atoms with van der Waals surface area (Å²) in [6.07, 6.45) is 4.28.